The van der Waals surface area contributed by atoms with E-state index < -0.39 is 11.6 Å². The summed E-state index contributed by atoms with van der Waals surface area (Å²) >= 11 is 0. The van der Waals surface area contributed by atoms with Gasteiger partial charge in [-0.05, 0) is 61.6 Å². The van der Waals surface area contributed by atoms with E-state index in [4.69, 9.17) is 0 Å². The molecule has 0 atom stereocenters. The smallest absolute Gasteiger partial charge is 0.129 e. The van der Waals surface area contributed by atoms with Crippen LogP contribution in [0, 0.1) is 31.3 Å². The molecule has 0 aliphatic rings. The van der Waals surface area contributed by atoms with Gasteiger partial charge in [0.25, 0.3) is 0 Å². The van der Waals surface area contributed by atoms with Crippen molar-refractivity contribution < 1.29 is 13.2 Å². The molecule has 19 heavy (non-hydrogen) atoms. The number of aryl methyl sites for hydroxylation is 3. The first kappa shape index (κ1) is 13.7. The van der Waals surface area contributed by atoms with E-state index in [2.05, 4.69) is 0 Å². The second-order valence-corrected chi connectivity index (χ2v) is 4.80. The van der Waals surface area contributed by atoms with Crippen molar-refractivity contribution in [2.45, 2.75) is 26.7 Å². The highest BCUT2D eigenvalue weighted by molar-refractivity contribution is 5.28. The van der Waals surface area contributed by atoms with Crippen molar-refractivity contribution >= 4 is 0 Å². The summed E-state index contributed by atoms with van der Waals surface area (Å²) in [7, 11) is 0. The summed E-state index contributed by atoms with van der Waals surface area (Å²) in [5.74, 6) is -1.46. The largest absolute Gasteiger partial charge is 0.207 e. The Hall–Kier alpha value is -1.77. The van der Waals surface area contributed by atoms with Crippen LogP contribution in [0.5, 0.6) is 0 Å². The predicted molar refractivity (Wildman–Crippen MR) is 69.6 cm³/mol. The van der Waals surface area contributed by atoms with Gasteiger partial charge in [0.15, 0.2) is 0 Å². The summed E-state index contributed by atoms with van der Waals surface area (Å²) in [4.78, 5) is 0. The van der Waals surface area contributed by atoms with Crippen LogP contribution in [0.1, 0.15) is 22.3 Å². The van der Waals surface area contributed by atoms with Crippen molar-refractivity contribution in [2.24, 2.45) is 0 Å². The molecule has 2 rings (SSSR count). The van der Waals surface area contributed by atoms with Crippen LogP contribution < -0.4 is 0 Å². The maximum atomic E-state index is 13.6. The van der Waals surface area contributed by atoms with Crippen LogP contribution in [0.15, 0.2) is 30.3 Å². The van der Waals surface area contributed by atoms with Gasteiger partial charge in [0.1, 0.15) is 17.5 Å². The molecule has 0 saturated carbocycles. The summed E-state index contributed by atoms with van der Waals surface area (Å²) < 4.78 is 40.9. The highest BCUT2D eigenvalue weighted by Gasteiger charge is 2.11. The third-order valence-corrected chi connectivity index (χ3v) is 3.14. The molecule has 2 aromatic carbocycles. The maximum absolute atomic E-state index is 13.6. The van der Waals surface area contributed by atoms with Gasteiger partial charge in [0.2, 0.25) is 0 Å². The summed E-state index contributed by atoms with van der Waals surface area (Å²) in [6.07, 6.45) is 0.431. The Morgan fingerprint density at radius 1 is 0.737 bits per heavy atom. The lowest BCUT2D eigenvalue weighted by Crippen LogP contribution is -2.01. The number of rotatable bonds is 3. The zero-order chi connectivity index (χ0) is 14.0. The van der Waals surface area contributed by atoms with E-state index in [9.17, 15) is 13.2 Å². The molecule has 0 unspecified atom stereocenters. The van der Waals surface area contributed by atoms with Gasteiger partial charge in [0.05, 0.1) is 0 Å². The molecular weight excluding hydrogens is 249 g/mol. The fraction of sp³-hybridized carbons (Fsp3) is 0.250. The van der Waals surface area contributed by atoms with Gasteiger partial charge in [-0.1, -0.05) is 12.1 Å². The van der Waals surface area contributed by atoms with E-state index in [1.54, 1.807) is 26.0 Å². The third kappa shape index (κ3) is 3.16. The lowest BCUT2D eigenvalue weighted by atomic mass is 10.0. The lowest BCUT2D eigenvalue weighted by molar-refractivity contribution is 0.549. The molecule has 0 nitrogen and oxygen atoms in total. The van der Waals surface area contributed by atoms with Crippen molar-refractivity contribution in [1.29, 1.82) is 0 Å². The molecule has 0 radical (unpaired) electrons. The molecule has 0 amide bonds. The average Bonchev–Trinajstić information content (AvgIpc) is 2.30. The fourth-order valence-electron chi connectivity index (χ4n) is 2.08. The third-order valence-electron chi connectivity index (χ3n) is 3.14. The molecule has 0 fully saturated rings. The highest BCUT2D eigenvalue weighted by Crippen LogP contribution is 2.19. The fourth-order valence-corrected chi connectivity index (χ4v) is 2.08. The Kier molecular flexibility index (Phi) is 3.93. The SMILES string of the molecule is Cc1ccc(CCc2c(F)cc(C)cc2F)c(F)c1. The van der Waals surface area contributed by atoms with Crippen LogP contribution >= 0.6 is 0 Å². The molecule has 0 N–H and O–H groups in total. The Morgan fingerprint density at radius 2 is 1.32 bits per heavy atom. The van der Waals surface area contributed by atoms with Gasteiger partial charge in [-0.15, -0.1) is 0 Å². The van der Waals surface area contributed by atoms with Gasteiger partial charge >= 0.3 is 0 Å². The first-order valence-corrected chi connectivity index (χ1v) is 6.17. The van der Waals surface area contributed by atoms with Crippen molar-refractivity contribution in [3.63, 3.8) is 0 Å². The van der Waals surface area contributed by atoms with Crippen molar-refractivity contribution in [2.75, 3.05) is 0 Å². The highest BCUT2D eigenvalue weighted by atomic mass is 19.1. The first-order chi connectivity index (χ1) is 8.97. The minimum absolute atomic E-state index is 0.0191. The van der Waals surface area contributed by atoms with Gasteiger partial charge in [-0.2, -0.15) is 0 Å². The van der Waals surface area contributed by atoms with E-state index in [0.29, 0.717) is 11.1 Å². The van der Waals surface area contributed by atoms with E-state index in [1.165, 1.54) is 18.2 Å². The Morgan fingerprint density at radius 3 is 1.89 bits per heavy atom. The maximum Gasteiger partial charge on any atom is 0.129 e. The van der Waals surface area contributed by atoms with Crippen molar-refractivity contribution in [3.8, 4) is 0 Å². The molecule has 0 aliphatic heterocycles. The van der Waals surface area contributed by atoms with Crippen molar-refractivity contribution in [3.05, 3.63) is 70.0 Å². The summed E-state index contributed by atoms with van der Waals surface area (Å²) in [6.45, 7) is 3.43. The van der Waals surface area contributed by atoms with Gasteiger partial charge in [0, 0.05) is 5.56 Å². The molecule has 3 heteroatoms. The van der Waals surface area contributed by atoms with Gasteiger partial charge in [-0.25, -0.2) is 13.2 Å². The lowest BCUT2D eigenvalue weighted by Gasteiger charge is -2.08. The summed E-state index contributed by atoms with van der Waals surface area (Å²) in [6, 6.07) is 7.47. The zero-order valence-electron chi connectivity index (χ0n) is 10.9. The number of halogens is 3. The Balaban J connectivity index is 2.19. The molecular formula is C16H15F3. The molecule has 0 aliphatic carbocycles. The molecule has 100 valence electrons. The molecule has 2 aromatic rings. The number of benzene rings is 2. The van der Waals surface area contributed by atoms with Crippen LogP contribution in [0.2, 0.25) is 0 Å². The van der Waals surface area contributed by atoms with Crippen LogP contribution in [-0.2, 0) is 12.8 Å². The topological polar surface area (TPSA) is 0 Å². The standard InChI is InChI=1S/C16H15F3/c1-10-3-4-12(14(17)7-10)5-6-13-15(18)8-11(2)9-16(13)19/h3-4,7-9H,5-6H2,1-2H3. The predicted octanol–water partition coefficient (Wildman–Crippen LogP) is 4.51. The van der Waals surface area contributed by atoms with E-state index in [0.717, 1.165) is 5.56 Å². The number of hydrogen-bond acceptors (Lipinski definition) is 0. The summed E-state index contributed by atoms with van der Waals surface area (Å²) in [5.41, 5.74) is 1.87. The Bertz CT molecular complexity index is 580. The van der Waals surface area contributed by atoms with E-state index >= 15 is 0 Å². The van der Waals surface area contributed by atoms with Crippen LogP contribution in [0.3, 0.4) is 0 Å². The van der Waals surface area contributed by atoms with E-state index in [-0.39, 0.29) is 24.2 Å². The van der Waals surface area contributed by atoms with Gasteiger partial charge in [-0.3, -0.25) is 0 Å². The zero-order valence-corrected chi connectivity index (χ0v) is 10.9. The normalized spacial score (nSPS) is 10.8. The van der Waals surface area contributed by atoms with Crippen LogP contribution in [0.4, 0.5) is 13.2 Å². The minimum Gasteiger partial charge on any atom is -0.207 e. The number of hydrogen-bond donors (Lipinski definition) is 0. The van der Waals surface area contributed by atoms with Gasteiger partial charge < -0.3 is 0 Å². The second kappa shape index (κ2) is 5.47. The summed E-state index contributed by atoms with van der Waals surface area (Å²) in [5, 5.41) is 0. The van der Waals surface area contributed by atoms with Crippen LogP contribution in [-0.4, -0.2) is 0 Å². The molecule has 0 spiro atoms. The molecule has 0 bridgehead atoms. The first-order valence-electron chi connectivity index (χ1n) is 6.17. The quantitative estimate of drug-likeness (QED) is 0.765. The molecule has 0 aromatic heterocycles. The van der Waals surface area contributed by atoms with E-state index in [1.807, 2.05) is 0 Å². The Labute approximate surface area is 110 Å². The van der Waals surface area contributed by atoms with Crippen molar-refractivity contribution in [1.82, 2.24) is 0 Å². The second-order valence-electron chi connectivity index (χ2n) is 4.80. The monoisotopic (exact) mass is 264 g/mol. The molecule has 0 saturated heterocycles. The average molecular weight is 264 g/mol. The van der Waals surface area contributed by atoms with Crippen LogP contribution in [0.25, 0.3) is 0 Å². The minimum atomic E-state index is -0.565. The molecule has 0 heterocycles.